The van der Waals surface area contributed by atoms with Crippen LogP contribution >= 0.6 is 11.3 Å². The van der Waals surface area contributed by atoms with E-state index in [9.17, 15) is 4.79 Å². The molecular formula is C9H7N3OS. The van der Waals surface area contributed by atoms with Crippen LogP contribution in [0.4, 0.5) is 0 Å². The van der Waals surface area contributed by atoms with Gasteiger partial charge in [0.15, 0.2) is 5.78 Å². The molecule has 0 aliphatic heterocycles. The predicted octanol–water partition coefficient (Wildman–Crippen LogP) is 2.61. The Bertz CT molecular complexity index is 446. The van der Waals surface area contributed by atoms with Gasteiger partial charge in [0.05, 0.1) is 11.4 Å². The molecule has 0 N–H and O–H groups in total. The number of Topliss-reactive ketones (excluding diaryl/α,β-unsaturated/α-hetero) is 1. The zero-order valence-electron chi connectivity index (χ0n) is 7.52. The van der Waals surface area contributed by atoms with Gasteiger partial charge in [-0.2, -0.15) is 0 Å². The van der Waals surface area contributed by atoms with E-state index in [0.717, 1.165) is 0 Å². The molecule has 1 heterocycles. The van der Waals surface area contributed by atoms with Gasteiger partial charge in [-0.15, -0.1) is 11.3 Å². The van der Waals surface area contributed by atoms with Crippen molar-refractivity contribution in [1.29, 1.82) is 0 Å². The number of rotatable bonds is 2. The van der Waals surface area contributed by atoms with E-state index in [1.165, 1.54) is 18.3 Å². The maximum atomic E-state index is 11.1. The third-order valence-corrected chi connectivity index (χ3v) is 2.44. The van der Waals surface area contributed by atoms with E-state index in [1.54, 1.807) is 6.07 Å². The molecule has 0 aliphatic carbocycles. The SMILES string of the molecule is CC(=O)c1sccc1C#CCN=[N+]=[N-]. The molecule has 4 nitrogen and oxygen atoms in total. The number of thiophene rings is 1. The van der Waals surface area contributed by atoms with Crippen molar-refractivity contribution in [3.05, 3.63) is 32.3 Å². The van der Waals surface area contributed by atoms with Gasteiger partial charge in [0.1, 0.15) is 0 Å². The highest BCUT2D eigenvalue weighted by molar-refractivity contribution is 7.12. The fourth-order valence-corrected chi connectivity index (χ4v) is 1.63. The number of carbonyl (C=O) groups excluding carboxylic acids is 1. The van der Waals surface area contributed by atoms with Crippen LogP contribution in [-0.4, -0.2) is 12.3 Å². The minimum absolute atomic E-state index is 0.00749. The van der Waals surface area contributed by atoms with Crippen molar-refractivity contribution in [2.75, 3.05) is 6.54 Å². The molecule has 0 atom stereocenters. The summed E-state index contributed by atoms with van der Waals surface area (Å²) in [6.07, 6.45) is 0. The van der Waals surface area contributed by atoms with Crippen LogP contribution in [0.25, 0.3) is 10.4 Å². The van der Waals surface area contributed by atoms with Crippen LogP contribution in [0.15, 0.2) is 16.6 Å². The molecule has 5 heteroatoms. The average Bonchev–Trinajstić information content (AvgIpc) is 2.60. The Labute approximate surface area is 85.2 Å². The second-order valence-corrected chi connectivity index (χ2v) is 3.33. The lowest BCUT2D eigenvalue weighted by atomic mass is 10.2. The number of carbonyl (C=O) groups is 1. The molecule has 1 rings (SSSR count). The predicted molar refractivity (Wildman–Crippen MR) is 55.2 cm³/mol. The smallest absolute Gasteiger partial charge is 0.170 e. The quantitative estimate of drug-likeness (QED) is 0.240. The standard InChI is InChI=1S/C9H7N3OS/c1-7(13)9-8(4-6-14-9)3-2-5-11-12-10/h4,6H,5H2,1H3. The van der Waals surface area contributed by atoms with E-state index in [-0.39, 0.29) is 12.3 Å². The Morgan fingerprint density at radius 1 is 1.79 bits per heavy atom. The summed E-state index contributed by atoms with van der Waals surface area (Å²) in [4.78, 5) is 14.3. The van der Waals surface area contributed by atoms with E-state index in [0.29, 0.717) is 10.4 Å². The number of hydrogen-bond acceptors (Lipinski definition) is 3. The lowest BCUT2D eigenvalue weighted by Gasteiger charge is -1.88. The van der Waals surface area contributed by atoms with Crippen molar-refractivity contribution < 1.29 is 4.79 Å². The summed E-state index contributed by atoms with van der Waals surface area (Å²) in [6.45, 7) is 1.63. The number of ketones is 1. The fourth-order valence-electron chi connectivity index (χ4n) is 0.882. The Hall–Kier alpha value is -1.76. The molecule has 1 aromatic heterocycles. The first-order valence-electron chi connectivity index (χ1n) is 3.84. The zero-order valence-corrected chi connectivity index (χ0v) is 8.34. The van der Waals surface area contributed by atoms with Crippen LogP contribution in [0.5, 0.6) is 0 Å². The second-order valence-electron chi connectivity index (χ2n) is 2.41. The summed E-state index contributed by atoms with van der Waals surface area (Å²) in [5, 5.41) is 5.08. The van der Waals surface area contributed by atoms with Crippen LogP contribution in [0.2, 0.25) is 0 Å². The first-order valence-corrected chi connectivity index (χ1v) is 4.72. The zero-order chi connectivity index (χ0) is 10.4. The lowest BCUT2D eigenvalue weighted by Crippen LogP contribution is -1.89. The van der Waals surface area contributed by atoms with E-state index in [2.05, 4.69) is 21.9 Å². The molecule has 0 aromatic carbocycles. The van der Waals surface area contributed by atoms with E-state index < -0.39 is 0 Å². The molecule has 0 aliphatic rings. The van der Waals surface area contributed by atoms with Crippen molar-refractivity contribution >= 4 is 17.1 Å². The van der Waals surface area contributed by atoms with Gasteiger partial charge < -0.3 is 0 Å². The van der Waals surface area contributed by atoms with Gasteiger partial charge in [0.2, 0.25) is 0 Å². The molecule has 0 fully saturated rings. The fraction of sp³-hybridized carbons (Fsp3) is 0.222. The molecule has 0 amide bonds. The molecule has 14 heavy (non-hydrogen) atoms. The van der Waals surface area contributed by atoms with Crippen molar-refractivity contribution in [2.45, 2.75) is 6.92 Å². The van der Waals surface area contributed by atoms with Crippen molar-refractivity contribution in [1.82, 2.24) is 0 Å². The number of hydrogen-bond donors (Lipinski definition) is 0. The minimum atomic E-state index is 0.00749. The topological polar surface area (TPSA) is 65.8 Å². The van der Waals surface area contributed by atoms with Gasteiger partial charge in [-0.05, 0) is 23.9 Å². The molecule has 0 spiro atoms. The third kappa shape index (κ3) is 2.63. The van der Waals surface area contributed by atoms with Gasteiger partial charge in [-0.1, -0.05) is 17.0 Å². The lowest BCUT2D eigenvalue weighted by molar-refractivity contribution is 0.102. The Morgan fingerprint density at radius 3 is 3.21 bits per heavy atom. The van der Waals surface area contributed by atoms with Crippen LogP contribution in [0.3, 0.4) is 0 Å². The summed E-state index contributed by atoms with van der Waals surface area (Å²) < 4.78 is 0. The van der Waals surface area contributed by atoms with E-state index in [1.807, 2.05) is 5.38 Å². The Kier molecular flexibility index (Phi) is 3.74. The van der Waals surface area contributed by atoms with Gasteiger partial charge in [-0.3, -0.25) is 4.79 Å². The van der Waals surface area contributed by atoms with Gasteiger partial charge >= 0.3 is 0 Å². The molecule has 0 saturated heterocycles. The molecule has 0 radical (unpaired) electrons. The van der Waals surface area contributed by atoms with Gasteiger partial charge in [0.25, 0.3) is 0 Å². The van der Waals surface area contributed by atoms with E-state index in [4.69, 9.17) is 5.53 Å². The first-order chi connectivity index (χ1) is 6.75. The highest BCUT2D eigenvalue weighted by Crippen LogP contribution is 2.15. The average molecular weight is 205 g/mol. The molecule has 0 bridgehead atoms. The summed E-state index contributed by atoms with van der Waals surface area (Å²) >= 11 is 1.37. The van der Waals surface area contributed by atoms with Crippen LogP contribution in [0.1, 0.15) is 22.2 Å². The largest absolute Gasteiger partial charge is 0.294 e. The Morgan fingerprint density at radius 2 is 2.57 bits per heavy atom. The monoisotopic (exact) mass is 205 g/mol. The van der Waals surface area contributed by atoms with Crippen molar-refractivity contribution in [3.8, 4) is 11.8 Å². The van der Waals surface area contributed by atoms with Crippen LogP contribution in [0, 0.1) is 11.8 Å². The summed E-state index contributed by atoms with van der Waals surface area (Å²) in [5.74, 6) is 5.46. The molecule has 0 unspecified atom stereocenters. The first kappa shape index (κ1) is 10.3. The maximum Gasteiger partial charge on any atom is 0.170 e. The van der Waals surface area contributed by atoms with Gasteiger partial charge in [-0.25, -0.2) is 0 Å². The van der Waals surface area contributed by atoms with Crippen molar-refractivity contribution in [2.24, 2.45) is 5.11 Å². The highest BCUT2D eigenvalue weighted by atomic mass is 32.1. The van der Waals surface area contributed by atoms with E-state index >= 15 is 0 Å². The summed E-state index contributed by atoms with van der Waals surface area (Å²) in [5.41, 5.74) is 8.71. The maximum absolute atomic E-state index is 11.1. The highest BCUT2D eigenvalue weighted by Gasteiger charge is 2.05. The Balaban J connectivity index is 2.84. The molecule has 70 valence electrons. The van der Waals surface area contributed by atoms with Crippen molar-refractivity contribution in [3.63, 3.8) is 0 Å². The molecular weight excluding hydrogens is 198 g/mol. The third-order valence-electron chi connectivity index (χ3n) is 1.42. The summed E-state index contributed by atoms with van der Waals surface area (Å²) in [7, 11) is 0. The summed E-state index contributed by atoms with van der Waals surface area (Å²) in [6, 6.07) is 1.78. The number of nitrogens with zero attached hydrogens (tertiary/aromatic N) is 3. The second kappa shape index (κ2) is 5.07. The van der Waals surface area contributed by atoms with Crippen LogP contribution in [-0.2, 0) is 0 Å². The number of azide groups is 1. The molecule has 1 aromatic rings. The van der Waals surface area contributed by atoms with Gasteiger partial charge in [0, 0.05) is 10.5 Å². The molecule has 0 saturated carbocycles. The normalized spacial score (nSPS) is 8.36. The minimum Gasteiger partial charge on any atom is -0.294 e. The van der Waals surface area contributed by atoms with Crippen LogP contribution < -0.4 is 0 Å².